The van der Waals surface area contributed by atoms with Gasteiger partial charge in [0.15, 0.2) is 0 Å². The zero-order valence-electron chi connectivity index (χ0n) is 16.0. The fourth-order valence-corrected chi connectivity index (χ4v) is 3.69. The van der Waals surface area contributed by atoms with E-state index in [2.05, 4.69) is 20.8 Å². The molecule has 1 aromatic carbocycles. The molecule has 1 aromatic rings. The van der Waals surface area contributed by atoms with Gasteiger partial charge in [0.1, 0.15) is 5.75 Å². The number of hydrogen-bond acceptors (Lipinski definition) is 1. The zero-order valence-corrected chi connectivity index (χ0v) is 16.0. The molecule has 0 aliphatic heterocycles. The van der Waals surface area contributed by atoms with E-state index in [1.807, 2.05) is 19.1 Å². The van der Waals surface area contributed by atoms with E-state index in [1.165, 1.54) is 81.8 Å². The normalized spacial score (nSPS) is 12.5. The van der Waals surface area contributed by atoms with Crippen molar-refractivity contribution in [3.8, 4) is 5.75 Å². The maximum Gasteiger partial charge on any atom is 0.118 e. The minimum absolute atomic E-state index is 0.445. The highest BCUT2D eigenvalue weighted by Crippen LogP contribution is 2.32. The van der Waals surface area contributed by atoms with Crippen LogP contribution < -0.4 is 0 Å². The zero-order chi connectivity index (χ0) is 17.1. The molecule has 23 heavy (non-hydrogen) atoms. The molecule has 1 rings (SSSR count). The first-order valence-electron chi connectivity index (χ1n) is 9.87. The van der Waals surface area contributed by atoms with Crippen molar-refractivity contribution in [2.45, 2.75) is 104 Å². The largest absolute Gasteiger partial charge is 0.508 e. The topological polar surface area (TPSA) is 20.2 Å². The molecular weight excluding hydrogens is 280 g/mol. The Morgan fingerprint density at radius 3 is 1.91 bits per heavy atom. The average Bonchev–Trinajstić information content (AvgIpc) is 2.53. The second kappa shape index (κ2) is 11.5. The first kappa shape index (κ1) is 20.1. The number of unbranched alkanes of at least 4 members (excludes halogenated alkanes) is 9. The molecule has 0 radical (unpaired) electrons. The van der Waals surface area contributed by atoms with Crippen LogP contribution in [-0.2, 0) is 0 Å². The summed E-state index contributed by atoms with van der Waals surface area (Å²) in [6.07, 6.45) is 15.2. The van der Waals surface area contributed by atoms with Crippen molar-refractivity contribution < 1.29 is 5.11 Å². The van der Waals surface area contributed by atoms with E-state index < -0.39 is 0 Å². The van der Waals surface area contributed by atoms with Gasteiger partial charge < -0.3 is 5.11 Å². The van der Waals surface area contributed by atoms with Gasteiger partial charge >= 0.3 is 0 Å². The molecule has 0 saturated heterocycles. The molecule has 0 bridgehead atoms. The summed E-state index contributed by atoms with van der Waals surface area (Å²) >= 11 is 0. The van der Waals surface area contributed by atoms with Gasteiger partial charge in [0, 0.05) is 0 Å². The number of benzene rings is 1. The van der Waals surface area contributed by atoms with Crippen LogP contribution in [0.1, 0.15) is 107 Å². The maximum absolute atomic E-state index is 9.92. The van der Waals surface area contributed by atoms with E-state index >= 15 is 0 Å². The Morgan fingerprint density at radius 1 is 0.826 bits per heavy atom. The Bertz CT molecular complexity index is 436. The smallest absolute Gasteiger partial charge is 0.118 e. The number of phenols is 1. The predicted molar refractivity (Wildman–Crippen MR) is 102 cm³/mol. The van der Waals surface area contributed by atoms with E-state index in [0.717, 1.165) is 5.56 Å². The molecule has 0 aromatic heterocycles. The van der Waals surface area contributed by atoms with Gasteiger partial charge in [0.25, 0.3) is 0 Å². The van der Waals surface area contributed by atoms with Crippen molar-refractivity contribution in [1.82, 2.24) is 0 Å². The van der Waals surface area contributed by atoms with Gasteiger partial charge in [-0.25, -0.2) is 0 Å². The molecule has 132 valence electrons. The molecule has 0 heterocycles. The molecule has 1 atom stereocenters. The third kappa shape index (κ3) is 7.42. The van der Waals surface area contributed by atoms with Crippen LogP contribution in [0.3, 0.4) is 0 Å². The van der Waals surface area contributed by atoms with Crippen molar-refractivity contribution in [3.05, 3.63) is 28.8 Å². The fourth-order valence-electron chi connectivity index (χ4n) is 3.69. The van der Waals surface area contributed by atoms with Crippen molar-refractivity contribution >= 4 is 0 Å². The summed E-state index contributed by atoms with van der Waals surface area (Å²) in [5, 5.41) is 9.92. The van der Waals surface area contributed by atoms with E-state index in [1.54, 1.807) is 0 Å². The number of phenolic OH excluding ortho intramolecular Hbond substituents is 1. The molecule has 0 aliphatic carbocycles. The van der Waals surface area contributed by atoms with Crippen LogP contribution in [-0.4, -0.2) is 5.11 Å². The maximum atomic E-state index is 9.92. The summed E-state index contributed by atoms with van der Waals surface area (Å²) in [7, 11) is 0. The van der Waals surface area contributed by atoms with E-state index in [0.29, 0.717) is 11.7 Å². The Kier molecular flexibility index (Phi) is 10.1. The third-order valence-electron chi connectivity index (χ3n) is 5.19. The molecule has 0 aliphatic rings. The monoisotopic (exact) mass is 318 g/mol. The quantitative estimate of drug-likeness (QED) is 0.397. The lowest BCUT2D eigenvalue weighted by Crippen LogP contribution is -2.00. The van der Waals surface area contributed by atoms with Gasteiger partial charge in [0.05, 0.1) is 0 Å². The number of aromatic hydroxyl groups is 1. The van der Waals surface area contributed by atoms with Gasteiger partial charge in [0.2, 0.25) is 0 Å². The molecule has 1 unspecified atom stereocenters. The van der Waals surface area contributed by atoms with E-state index in [-0.39, 0.29) is 0 Å². The molecule has 0 fully saturated rings. The van der Waals surface area contributed by atoms with Gasteiger partial charge in [-0.3, -0.25) is 0 Å². The van der Waals surface area contributed by atoms with Gasteiger partial charge in [-0.15, -0.1) is 0 Å². The first-order chi connectivity index (χ1) is 11.1. The second-order valence-electron chi connectivity index (χ2n) is 7.31. The SMILES string of the molecule is CCCCCCCCCCCCC(C)c1c(C)ccc(O)c1C. The van der Waals surface area contributed by atoms with Crippen LogP contribution in [0, 0.1) is 13.8 Å². The summed E-state index contributed by atoms with van der Waals surface area (Å²) in [6.45, 7) is 8.80. The minimum Gasteiger partial charge on any atom is -0.508 e. The third-order valence-corrected chi connectivity index (χ3v) is 5.19. The summed E-state index contributed by atoms with van der Waals surface area (Å²) in [5.74, 6) is 0.997. The van der Waals surface area contributed by atoms with Gasteiger partial charge in [-0.2, -0.15) is 0 Å². The van der Waals surface area contributed by atoms with Crippen LogP contribution in [0.4, 0.5) is 0 Å². The number of rotatable bonds is 12. The lowest BCUT2D eigenvalue weighted by Gasteiger charge is -2.18. The molecule has 0 saturated carbocycles. The van der Waals surface area contributed by atoms with E-state index in [9.17, 15) is 5.11 Å². The predicted octanol–water partition coefficient (Wildman–Crippen LogP) is 7.42. The number of aryl methyl sites for hydroxylation is 1. The molecule has 0 spiro atoms. The van der Waals surface area contributed by atoms with Crippen LogP contribution in [0.5, 0.6) is 5.75 Å². The van der Waals surface area contributed by atoms with Crippen molar-refractivity contribution in [2.75, 3.05) is 0 Å². The number of hydrogen-bond donors (Lipinski definition) is 1. The Balaban J connectivity index is 2.16. The van der Waals surface area contributed by atoms with Crippen molar-refractivity contribution in [1.29, 1.82) is 0 Å². The van der Waals surface area contributed by atoms with Crippen LogP contribution >= 0.6 is 0 Å². The summed E-state index contributed by atoms with van der Waals surface area (Å²) in [4.78, 5) is 0. The fraction of sp³-hybridized carbons (Fsp3) is 0.727. The molecule has 1 nitrogen and oxygen atoms in total. The highest BCUT2D eigenvalue weighted by molar-refractivity contribution is 5.44. The highest BCUT2D eigenvalue weighted by Gasteiger charge is 2.13. The summed E-state index contributed by atoms with van der Waals surface area (Å²) < 4.78 is 0. The minimum atomic E-state index is 0.445. The van der Waals surface area contributed by atoms with Gasteiger partial charge in [-0.05, 0) is 48.9 Å². The molecule has 1 heteroatoms. The van der Waals surface area contributed by atoms with Crippen LogP contribution in [0.15, 0.2) is 12.1 Å². The van der Waals surface area contributed by atoms with Crippen LogP contribution in [0.25, 0.3) is 0 Å². The summed E-state index contributed by atoms with van der Waals surface area (Å²) in [6, 6.07) is 3.87. The van der Waals surface area contributed by atoms with Crippen LogP contribution in [0.2, 0.25) is 0 Å². The molecule has 1 N–H and O–H groups in total. The van der Waals surface area contributed by atoms with Crippen molar-refractivity contribution in [2.24, 2.45) is 0 Å². The molecule has 0 amide bonds. The van der Waals surface area contributed by atoms with Crippen molar-refractivity contribution in [3.63, 3.8) is 0 Å². The average molecular weight is 319 g/mol. The molecular formula is C22H38O. The Morgan fingerprint density at radius 2 is 1.35 bits per heavy atom. The van der Waals surface area contributed by atoms with E-state index in [4.69, 9.17) is 0 Å². The Hall–Kier alpha value is -0.980. The van der Waals surface area contributed by atoms with Gasteiger partial charge in [-0.1, -0.05) is 84.1 Å². The lowest BCUT2D eigenvalue weighted by atomic mass is 9.88. The standard InChI is InChI=1S/C22H38O/c1-5-6-7-8-9-10-11-12-13-14-15-18(2)22-19(3)16-17-21(23)20(22)4/h16-18,23H,5-15H2,1-4H3. The lowest BCUT2D eigenvalue weighted by molar-refractivity contribution is 0.467. The first-order valence-corrected chi connectivity index (χ1v) is 9.87. The summed E-state index contributed by atoms with van der Waals surface area (Å²) in [5.41, 5.74) is 3.75. The second-order valence-corrected chi connectivity index (χ2v) is 7.31. The highest BCUT2D eigenvalue weighted by atomic mass is 16.3. The Labute approximate surface area is 144 Å².